The van der Waals surface area contributed by atoms with Crippen LogP contribution in [0.15, 0.2) is 30.6 Å². The Labute approximate surface area is 147 Å². The zero-order valence-electron chi connectivity index (χ0n) is 14.8. The summed E-state index contributed by atoms with van der Waals surface area (Å²) in [6.07, 6.45) is 6.91. The zero-order chi connectivity index (χ0) is 17.8. The van der Waals surface area contributed by atoms with Crippen molar-refractivity contribution in [2.45, 2.75) is 38.6 Å². The number of anilines is 1. The summed E-state index contributed by atoms with van der Waals surface area (Å²) in [4.78, 5) is 14.5. The Morgan fingerprint density at radius 3 is 3.00 bits per heavy atom. The van der Waals surface area contributed by atoms with Gasteiger partial charge in [-0.15, -0.1) is 0 Å². The molecule has 0 aliphatic carbocycles. The number of hydrogen-bond acceptors (Lipinski definition) is 3. The van der Waals surface area contributed by atoms with Crippen LogP contribution in [0.3, 0.4) is 0 Å². The average Bonchev–Trinajstić information content (AvgIpc) is 2.99. The molecule has 0 saturated carbocycles. The molecule has 1 saturated heterocycles. The molecule has 0 spiro atoms. The third-order valence-corrected chi connectivity index (χ3v) is 4.69. The first-order chi connectivity index (χ1) is 12.0. The highest BCUT2D eigenvalue weighted by Gasteiger charge is 2.22. The average molecular weight is 344 g/mol. The number of nitrogens with one attached hydrogen (secondary N) is 1. The Balaban J connectivity index is 1.53. The van der Waals surface area contributed by atoms with Gasteiger partial charge in [0.25, 0.3) is 0 Å². The standard InChI is InChI=1S/C19H25FN4O/c1-14-10-16(20)6-7-18(14)24-9-3-4-17(13-24)22-19(25)8-5-15-11-21-23(2)12-15/h6-7,10-12,17H,3-5,8-9,13H2,1-2H3,(H,22,25)/t17-/m1/s1. The van der Waals surface area contributed by atoms with Gasteiger partial charge in [0, 0.05) is 44.5 Å². The Hall–Kier alpha value is -2.37. The van der Waals surface area contributed by atoms with Gasteiger partial charge < -0.3 is 10.2 Å². The van der Waals surface area contributed by atoms with E-state index in [1.165, 1.54) is 6.07 Å². The molecule has 1 fully saturated rings. The molecular formula is C19H25FN4O. The number of aromatic nitrogens is 2. The van der Waals surface area contributed by atoms with E-state index in [0.717, 1.165) is 42.7 Å². The molecule has 1 aromatic heterocycles. The van der Waals surface area contributed by atoms with Gasteiger partial charge >= 0.3 is 0 Å². The van der Waals surface area contributed by atoms with Crippen molar-refractivity contribution in [1.82, 2.24) is 15.1 Å². The number of nitrogens with zero attached hydrogens (tertiary/aromatic N) is 3. The predicted molar refractivity (Wildman–Crippen MR) is 96.0 cm³/mol. The van der Waals surface area contributed by atoms with E-state index in [2.05, 4.69) is 15.3 Å². The van der Waals surface area contributed by atoms with Crippen molar-refractivity contribution in [1.29, 1.82) is 0 Å². The highest BCUT2D eigenvalue weighted by molar-refractivity contribution is 5.76. The quantitative estimate of drug-likeness (QED) is 0.907. The first-order valence-corrected chi connectivity index (χ1v) is 8.79. The lowest BCUT2D eigenvalue weighted by Gasteiger charge is -2.35. The van der Waals surface area contributed by atoms with Gasteiger partial charge in [-0.1, -0.05) is 0 Å². The van der Waals surface area contributed by atoms with E-state index in [9.17, 15) is 9.18 Å². The second-order valence-electron chi connectivity index (χ2n) is 6.81. The topological polar surface area (TPSA) is 50.2 Å². The summed E-state index contributed by atoms with van der Waals surface area (Å²) in [6.45, 7) is 3.63. The number of benzene rings is 1. The van der Waals surface area contributed by atoms with Crippen molar-refractivity contribution in [3.05, 3.63) is 47.5 Å². The van der Waals surface area contributed by atoms with Crippen LogP contribution >= 0.6 is 0 Å². The van der Waals surface area contributed by atoms with E-state index in [0.29, 0.717) is 12.8 Å². The van der Waals surface area contributed by atoms with E-state index in [-0.39, 0.29) is 17.8 Å². The van der Waals surface area contributed by atoms with Gasteiger partial charge in [0.05, 0.1) is 6.20 Å². The van der Waals surface area contributed by atoms with Gasteiger partial charge in [-0.2, -0.15) is 5.10 Å². The Kier molecular flexibility index (Phi) is 5.36. The molecule has 1 amide bonds. The molecule has 1 aliphatic heterocycles. The number of carbonyl (C=O) groups excluding carboxylic acids is 1. The summed E-state index contributed by atoms with van der Waals surface area (Å²) < 4.78 is 15.1. The number of hydrogen-bond donors (Lipinski definition) is 1. The molecule has 2 heterocycles. The molecule has 0 bridgehead atoms. The number of aryl methyl sites for hydroxylation is 3. The van der Waals surface area contributed by atoms with Crippen LogP contribution in [0.2, 0.25) is 0 Å². The minimum Gasteiger partial charge on any atom is -0.369 e. The molecule has 1 atom stereocenters. The van der Waals surface area contributed by atoms with Crippen LogP contribution in [-0.4, -0.2) is 34.8 Å². The lowest BCUT2D eigenvalue weighted by Crippen LogP contribution is -2.48. The molecule has 3 rings (SSSR count). The minimum absolute atomic E-state index is 0.0755. The maximum atomic E-state index is 13.3. The summed E-state index contributed by atoms with van der Waals surface area (Å²) >= 11 is 0. The third kappa shape index (κ3) is 4.59. The first-order valence-electron chi connectivity index (χ1n) is 8.79. The van der Waals surface area contributed by atoms with Gasteiger partial charge in [0.15, 0.2) is 0 Å². The number of piperidine rings is 1. The molecule has 5 nitrogen and oxygen atoms in total. The van der Waals surface area contributed by atoms with Crippen molar-refractivity contribution < 1.29 is 9.18 Å². The van der Waals surface area contributed by atoms with Gasteiger partial charge in [-0.3, -0.25) is 9.48 Å². The molecule has 0 radical (unpaired) electrons. The predicted octanol–water partition coefficient (Wildman–Crippen LogP) is 2.59. The molecular weight excluding hydrogens is 319 g/mol. The fourth-order valence-corrected chi connectivity index (χ4v) is 3.45. The number of rotatable bonds is 5. The summed E-state index contributed by atoms with van der Waals surface area (Å²) in [7, 11) is 1.87. The Bertz CT molecular complexity index is 743. The van der Waals surface area contributed by atoms with Crippen molar-refractivity contribution >= 4 is 11.6 Å². The van der Waals surface area contributed by atoms with Crippen molar-refractivity contribution in [2.24, 2.45) is 7.05 Å². The van der Waals surface area contributed by atoms with E-state index in [1.807, 2.05) is 26.2 Å². The Morgan fingerprint density at radius 2 is 2.28 bits per heavy atom. The van der Waals surface area contributed by atoms with Crippen LogP contribution in [0.4, 0.5) is 10.1 Å². The van der Waals surface area contributed by atoms with Crippen LogP contribution in [0.25, 0.3) is 0 Å². The number of amides is 1. The largest absolute Gasteiger partial charge is 0.369 e. The second-order valence-corrected chi connectivity index (χ2v) is 6.81. The maximum absolute atomic E-state index is 13.3. The molecule has 1 N–H and O–H groups in total. The highest BCUT2D eigenvalue weighted by atomic mass is 19.1. The highest BCUT2D eigenvalue weighted by Crippen LogP contribution is 2.24. The van der Waals surface area contributed by atoms with Gasteiger partial charge in [-0.25, -0.2) is 4.39 Å². The van der Waals surface area contributed by atoms with E-state index in [1.54, 1.807) is 16.9 Å². The number of halogens is 1. The lowest BCUT2D eigenvalue weighted by molar-refractivity contribution is -0.121. The van der Waals surface area contributed by atoms with Crippen LogP contribution in [0.5, 0.6) is 0 Å². The molecule has 134 valence electrons. The fraction of sp³-hybridized carbons (Fsp3) is 0.474. The molecule has 25 heavy (non-hydrogen) atoms. The van der Waals surface area contributed by atoms with E-state index in [4.69, 9.17) is 0 Å². The third-order valence-electron chi connectivity index (χ3n) is 4.69. The zero-order valence-corrected chi connectivity index (χ0v) is 14.8. The van der Waals surface area contributed by atoms with Crippen LogP contribution < -0.4 is 10.2 Å². The smallest absolute Gasteiger partial charge is 0.220 e. The van der Waals surface area contributed by atoms with E-state index >= 15 is 0 Å². The van der Waals surface area contributed by atoms with Crippen molar-refractivity contribution in [3.63, 3.8) is 0 Å². The SMILES string of the molecule is Cc1cc(F)ccc1N1CCC[C@@H](NC(=O)CCc2cnn(C)c2)C1. The maximum Gasteiger partial charge on any atom is 0.220 e. The molecule has 0 unspecified atom stereocenters. The van der Waals surface area contributed by atoms with E-state index < -0.39 is 0 Å². The van der Waals surface area contributed by atoms with Crippen LogP contribution in [0.1, 0.15) is 30.4 Å². The fourth-order valence-electron chi connectivity index (χ4n) is 3.45. The first kappa shape index (κ1) is 17.5. The van der Waals surface area contributed by atoms with Gasteiger partial charge in [0.2, 0.25) is 5.91 Å². The normalized spacial score (nSPS) is 17.6. The summed E-state index contributed by atoms with van der Waals surface area (Å²) in [5.41, 5.74) is 3.06. The number of carbonyl (C=O) groups is 1. The summed E-state index contributed by atoms with van der Waals surface area (Å²) in [6, 6.07) is 5.03. The lowest BCUT2D eigenvalue weighted by atomic mass is 10.0. The molecule has 1 aliphatic rings. The van der Waals surface area contributed by atoms with Gasteiger partial charge in [-0.05, 0) is 55.5 Å². The van der Waals surface area contributed by atoms with Gasteiger partial charge in [0.1, 0.15) is 5.82 Å². The monoisotopic (exact) mass is 344 g/mol. The van der Waals surface area contributed by atoms with Crippen molar-refractivity contribution in [2.75, 3.05) is 18.0 Å². The Morgan fingerprint density at radius 1 is 1.44 bits per heavy atom. The minimum atomic E-state index is -0.210. The molecule has 2 aromatic rings. The molecule has 1 aromatic carbocycles. The molecule has 6 heteroatoms. The second kappa shape index (κ2) is 7.68. The summed E-state index contributed by atoms with van der Waals surface area (Å²) in [5, 5.41) is 7.26. The van der Waals surface area contributed by atoms with Crippen LogP contribution in [0, 0.1) is 12.7 Å². The summed E-state index contributed by atoms with van der Waals surface area (Å²) in [5.74, 6) is -0.134. The van der Waals surface area contributed by atoms with Crippen LogP contribution in [-0.2, 0) is 18.3 Å². The van der Waals surface area contributed by atoms with Crippen molar-refractivity contribution in [3.8, 4) is 0 Å².